The predicted octanol–water partition coefficient (Wildman–Crippen LogP) is 3.49. The Bertz CT molecular complexity index is 311. The van der Waals surface area contributed by atoms with Crippen molar-refractivity contribution in [3.05, 3.63) is 34.9 Å². The third-order valence-corrected chi connectivity index (χ3v) is 2.68. The summed E-state index contributed by atoms with van der Waals surface area (Å²) in [6.45, 7) is 9.06. The van der Waals surface area contributed by atoms with Crippen LogP contribution in [0.4, 0.5) is 0 Å². The molecule has 0 fully saturated rings. The molecule has 0 spiro atoms. The summed E-state index contributed by atoms with van der Waals surface area (Å²) in [6.07, 6.45) is 0.226. The minimum atomic E-state index is 0.226. The van der Waals surface area contributed by atoms with E-state index in [9.17, 15) is 0 Å². The second kappa shape index (κ2) is 7.70. The van der Waals surface area contributed by atoms with Gasteiger partial charge in [0.2, 0.25) is 0 Å². The van der Waals surface area contributed by atoms with E-state index in [0.29, 0.717) is 12.5 Å². The van der Waals surface area contributed by atoms with E-state index in [1.165, 1.54) is 0 Å². The first-order chi connectivity index (χ1) is 8.08. The van der Waals surface area contributed by atoms with E-state index < -0.39 is 0 Å². The van der Waals surface area contributed by atoms with Gasteiger partial charge in [0.15, 0.2) is 0 Å². The summed E-state index contributed by atoms with van der Waals surface area (Å²) in [7, 11) is 0. The number of ether oxygens (including phenoxy) is 1. The Morgan fingerprint density at radius 1 is 1.12 bits per heavy atom. The quantitative estimate of drug-likeness (QED) is 0.805. The van der Waals surface area contributed by atoms with Gasteiger partial charge < -0.3 is 10.1 Å². The molecule has 3 heteroatoms. The molecule has 2 nitrogen and oxygen atoms in total. The third kappa shape index (κ3) is 6.67. The maximum Gasteiger partial charge on any atom is 0.0721 e. The summed E-state index contributed by atoms with van der Waals surface area (Å²) in [6, 6.07) is 7.77. The molecule has 1 aromatic carbocycles. The van der Waals surface area contributed by atoms with Gasteiger partial charge in [-0.2, -0.15) is 0 Å². The van der Waals surface area contributed by atoms with Crippen molar-refractivity contribution in [1.82, 2.24) is 5.32 Å². The monoisotopic (exact) mass is 255 g/mol. The summed E-state index contributed by atoms with van der Waals surface area (Å²) in [5.41, 5.74) is 1.16. The molecule has 0 radical (unpaired) electrons. The Hall–Kier alpha value is -0.570. The molecular formula is C14H22ClNO. The van der Waals surface area contributed by atoms with E-state index in [1.807, 2.05) is 24.3 Å². The average molecular weight is 256 g/mol. The van der Waals surface area contributed by atoms with Crippen molar-refractivity contribution in [3.8, 4) is 0 Å². The van der Waals surface area contributed by atoms with Gasteiger partial charge in [-0.3, -0.25) is 0 Å². The van der Waals surface area contributed by atoms with E-state index >= 15 is 0 Å². The number of hydrogen-bond donors (Lipinski definition) is 1. The number of benzene rings is 1. The SMILES string of the molecule is CC(C)CNCC(C)OCc1ccc(Cl)cc1. The van der Waals surface area contributed by atoms with Crippen molar-refractivity contribution in [3.63, 3.8) is 0 Å². The Morgan fingerprint density at radius 2 is 1.76 bits per heavy atom. The molecule has 0 heterocycles. The minimum Gasteiger partial charge on any atom is -0.373 e. The van der Waals surface area contributed by atoms with E-state index in [2.05, 4.69) is 26.1 Å². The molecule has 1 rings (SSSR count). The van der Waals surface area contributed by atoms with Crippen molar-refractivity contribution in [2.24, 2.45) is 5.92 Å². The van der Waals surface area contributed by atoms with Crippen LogP contribution < -0.4 is 5.32 Å². The highest BCUT2D eigenvalue weighted by Crippen LogP contribution is 2.10. The summed E-state index contributed by atoms with van der Waals surface area (Å²) < 4.78 is 5.74. The van der Waals surface area contributed by atoms with E-state index in [1.54, 1.807) is 0 Å². The molecule has 1 aromatic rings. The fourth-order valence-electron chi connectivity index (χ4n) is 1.45. The predicted molar refractivity (Wildman–Crippen MR) is 73.4 cm³/mol. The van der Waals surface area contributed by atoms with Gasteiger partial charge in [0, 0.05) is 11.6 Å². The number of rotatable bonds is 7. The van der Waals surface area contributed by atoms with E-state index in [-0.39, 0.29) is 6.10 Å². The fraction of sp³-hybridized carbons (Fsp3) is 0.571. The zero-order valence-corrected chi connectivity index (χ0v) is 11.6. The molecule has 96 valence electrons. The molecule has 0 aliphatic rings. The van der Waals surface area contributed by atoms with Gasteiger partial charge in [-0.25, -0.2) is 0 Å². The van der Waals surface area contributed by atoms with E-state index in [4.69, 9.17) is 16.3 Å². The highest BCUT2D eigenvalue weighted by atomic mass is 35.5. The van der Waals surface area contributed by atoms with Crippen LogP contribution in [0.2, 0.25) is 5.02 Å². The lowest BCUT2D eigenvalue weighted by Gasteiger charge is -2.15. The molecule has 1 N–H and O–H groups in total. The van der Waals surface area contributed by atoms with Gasteiger partial charge >= 0.3 is 0 Å². The van der Waals surface area contributed by atoms with Crippen LogP contribution in [0.25, 0.3) is 0 Å². The Labute approximate surface area is 109 Å². The first kappa shape index (κ1) is 14.5. The molecule has 1 unspecified atom stereocenters. The maximum absolute atomic E-state index is 5.82. The maximum atomic E-state index is 5.82. The molecule has 1 atom stereocenters. The number of nitrogens with one attached hydrogen (secondary N) is 1. The fourth-order valence-corrected chi connectivity index (χ4v) is 1.58. The molecular weight excluding hydrogens is 234 g/mol. The van der Waals surface area contributed by atoms with Crippen molar-refractivity contribution in [1.29, 1.82) is 0 Å². The summed E-state index contributed by atoms with van der Waals surface area (Å²) >= 11 is 5.82. The molecule has 0 aliphatic carbocycles. The van der Waals surface area contributed by atoms with Crippen LogP contribution >= 0.6 is 11.6 Å². The normalized spacial score (nSPS) is 13.0. The van der Waals surface area contributed by atoms with Crippen LogP contribution in [-0.2, 0) is 11.3 Å². The van der Waals surface area contributed by atoms with E-state index in [0.717, 1.165) is 23.7 Å². The van der Waals surface area contributed by atoms with Gasteiger partial charge in [0.05, 0.1) is 12.7 Å². The Balaban J connectivity index is 2.19. The first-order valence-electron chi connectivity index (χ1n) is 6.14. The lowest BCUT2D eigenvalue weighted by molar-refractivity contribution is 0.0529. The molecule has 0 bridgehead atoms. The average Bonchev–Trinajstić information content (AvgIpc) is 2.28. The van der Waals surface area contributed by atoms with Gasteiger partial charge in [-0.15, -0.1) is 0 Å². The second-order valence-corrected chi connectivity index (χ2v) is 5.24. The molecule has 0 aliphatic heterocycles. The Kier molecular flexibility index (Phi) is 6.56. The topological polar surface area (TPSA) is 21.3 Å². The minimum absolute atomic E-state index is 0.226. The Morgan fingerprint density at radius 3 is 2.35 bits per heavy atom. The van der Waals surface area contributed by atoms with Gasteiger partial charge in [-0.1, -0.05) is 37.6 Å². The molecule has 0 saturated heterocycles. The van der Waals surface area contributed by atoms with Crippen molar-refractivity contribution in [2.75, 3.05) is 13.1 Å². The number of hydrogen-bond acceptors (Lipinski definition) is 2. The third-order valence-electron chi connectivity index (χ3n) is 2.43. The smallest absolute Gasteiger partial charge is 0.0721 e. The van der Waals surface area contributed by atoms with Crippen LogP contribution in [0.15, 0.2) is 24.3 Å². The summed E-state index contributed by atoms with van der Waals surface area (Å²) in [4.78, 5) is 0. The standard InChI is InChI=1S/C14H22ClNO/c1-11(2)8-16-9-12(3)17-10-13-4-6-14(15)7-5-13/h4-7,11-12,16H,8-10H2,1-3H3. The van der Waals surface area contributed by atoms with Crippen molar-refractivity contribution >= 4 is 11.6 Å². The van der Waals surface area contributed by atoms with Gasteiger partial charge in [0.1, 0.15) is 0 Å². The zero-order valence-electron chi connectivity index (χ0n) is 10.9. The van der Waals surface area contributed by atoms with Crippen LogP contribution in [0.3, 0.4) is 0 Å². The highest BCUT2D eigenvalue weighted by Gasteiger charge is 2.03. The summed E-state index contributed by atoms with van der Waals surface area (Å²) in [5, 5.41) is 4.15. The first-order valence-corrected chi connectivity index (χ1v) is 6.52. The van der Waals surface area contributed by atoms with Crippen molar-refractivity contribution in [2.45, 2.75) is 33.5 Å². The van der Waals surface area contributed by atoms with Gasteiger partial charge in [0.25, 0.3) is 0 Å². The zero-order chi connectivity index (χ0) is 12.7. The second-order valence-electron chi connectivity index (χ2n) is 4.80. The molecule has 17 heavy (non-hydrogen) atoms. The van der Waals surface area contributed by atoms with Crippen LogP contribution in [0.1, 0.15) is 26.3 Å². The molecule has 0 saturated carbocycles. The summed E-state index contributed by atoms with van der Waals surface area (Å²) in [5.74, 6) is 0.679. The van der Waals surface area contributed by atoms with Gasteiger partial charge in [-0.05, 0) is 37.1 Å². The molecule has 0 amide bonds. The lowest BCUT2D eigenvalue weighted by Crippen LogP contribution is -2.29. The number of halogens is 1. The van der Waals surface area contributed by atoms with Crippen molar-refractivity contribution < 1.29 is 4.74 Å². The van der Waals surface area contributed by atoms with Crippen LogP contribution in [0.5, 0.6) is 0 Å². The highest BCUT2D eigenvalue weighted by molar-refractivity contribution is 6.30. The molecule has 0 aromatic heterocycles. The largest absolute Gasteiger partial charge is 0.373 e. The lowest BCUT2D eigenvalue weighted by atomic mass is 10.2. The van der Waals surface area contributed by atoms with Crippen LogP contribution in [0, 0.1) is 5.92 Å². The van der Waals surface area contributed by atoms with Crippen LogP contribution in [-0.4, -0.2) is 19.2 Å².